The number of ether oxygens (including phenoxy) is 1. The molecule has 6 nitrogen and oxygen atoms in total. The zero-order valence-electron chi connectivity index (χ0n) is 15.9. The molecule has 2 aromatic rings. The van der Waals surface area contributed by atoms with Gasteiger partial charge < -0.3 is 20.4 Å². The van der Waals surface area contributed by atoms with Crippen molar-refractivity contribution in [2.45, 2.75) is 33.1 Å². The average molecular weight is 366 g/mol. The molecule has 0 radical (unpaired) electrons. The number of aromatic nitrogens is 1. The number of nitrogens with zero attached hydrogens (tertiary/aromatic N) is 2. The van der Waals surface area contributed by atoms with E-state index in [0.717, 1.165) is 42.9 Å². The number of benzene rings is 1. The molecular weight excluding hydrogens is 340 g/mol. The Morgan fingerprint density at radius 3 is 2.56 bits per heavy atom. The predicted molar refractivity (Wildman–Crippen MR) is 108 cm³/mol. The van der Waals surface area contributed by atoms with Crippen LogP contribution in [-0.2, 0) is 4.74 Å². The first kappa shape index (κ1) is 18.9. The van der Waals surface area contributed by atoms with Crippen LogP contribution in [0.3, 0.4) is 0 Å². The Bertz CT molecular complexity index is 814. The SMILES string of the molecule is CCOC(=O)c1cc(N2CCCCC2)c(C(C)=N)c(Nc2ccccc2)n1. The largest absolute Gasteiger partial charge is 0.461 e. The monoisotopic (exact) mass is 366 g/mol. The Balaban J connectivity index is 2.11. The maximum Gasteiger partial charge on any atom is 0.357 e. The number of carbonyl (C=O) groups is 1. The fourth-order valence-electron chi connectivity index (χ4n) is 3.34. The number of rotatable bonds is 6. The Morgan fingerprint density at radius 1 is 1.22 bits per heavy atom. The molecule has 0 atom stereocenters. The van der Waals surface area contributed by atoms with E-state index in [9.17, 15) is 4.79 Å². The first-order chi connectivity index (χ1) is 13.1. The van der Waals surface area contributed by atoms with Crippen LogP contribution in [0.1, 0.15) is 49.2 Å². The van der Waals surface area contributed by atoms with E-state index in [1.807, 2.05) is 30.3 Å². The van der Waals surface area contributed by atoms with Gasteiger partial charge in [-0.3, -0.25) is 0 Å². The number of esters is 1. The van der Waals surface area contributed by atoms with Crippen LogP contribution in [0.25, 0.3) is 0 Å². The maximum atomic E-state index is 12.4. The summed E-state index contributed by atoms with van der Waals surface area (Å²) in [6.07, 6.45) is 3.42. The van der Waals surface area contributed by atoms with Gasteiger partial charge in [0, 0.05) is 24.5 Å². The minimum atomic E-state index is -0.443. The standard InChI is InChI=1S/C21H26N4O2/c1-3-27-21(26)17-14-18(25-12-8-5-9-13-25)19(15(2)22)20(24-17)23-16-10-6-4-7-11-16/h4,6-7,10-11,14,22H,3,5,8-9,12-13H2,1-2H3,(H,23,24). The first-order valence-electron chi connectivity index (χ1n) is 9.45. The van der Waals surface area contributed by atoms with Crippen molar-refractivity contribution in [3.05, 3.63) is 47.7 Å². The molecule has 1 aromatic carbocycles. The Kier molecular flexibility index (Phi) is 6.06. The van der Waals surface area contributed by atoms with E-state index in [1.54, 1.807) is 19.9 Å². The van der Waals surface area contributed by atoms with Crippen molar-refractivity contribution in [3.8, 4) is 0 Å². The van der Waals surface area contributed by atoms with Crippen molar-refractivity contribution in [1.29, 1.82) is 5.41 Å². The zero-order valence-corrected chi connectivity index (χ0v) is 15.9. The lowest BCUT2D eigenvalue weighted by molar-refractivity contribution is 0.0519. The molecule has 1 saturated heterocycles. The van der Waals surface area contributed by atoms with E-state index in [-0.39, 0.29) is 5.69 Å². The molecule has 0 bridgehead atoms. The molecule has 2 heterocycles. The van der Waals surface area contributed by atoms with Gasteiger partial charge >= 0.3 is 5.97 Å². The number of para-hydroxylation sites is 1. The molecular formula is C21H26N4O2. The molecule has 0 saturated carbocycles. The molecule has 142 valence electrons. The van der Waals surface area contributed by atoms with Gasteiger partial charge in [0.1, 0.15) is 5.82 Å². The zero-order chi connectivity index (χ0) is 19.2. The average Bonchev–Trinajstić information content (AvgIpc) is 2.69. The van der Waals surface area contributed by atoms with E-state index >= 15 is 0 Å². The van der Waals surface area contributed by atoms with Crippen molar-refractivity contribution in [1.82, 2.24) is 4.98 Å². The highest BCUT2D eigenvalue weighted by atomic mass is 16.5. The molecule has 6 heteroatoms. The molecule has 1 fully saturated rings. The summed E-state index contributed by atoms with van der Waals surface area (Å²) >= 11 is 0. The van der Waals surface area contributed by atoms with Crippen molar-refractivity contribution >= 4 is 28.9 Å². The number of pyridine rings is 1. The van der Waals surface area contributed by atoms with E-state index in [1.165, 1.54) is 6.42 Å². The molecule has 1 aromatic heterocycles. The van der Waals surface area contributed by atoms with Crippen molar-refractivity contribution in [3.63, 3.8) is 0 Å². The van der Waals surface area contributed by atoms with E-state index in [2.05, 4.69) is 15.2 Å². The van der Waals surface area contributed by atoms with Gasteiger partial charge in [0.15, 0.2) is 5.69 Å². The second-order valence-corrected chi connectivity index (χ2v) is 6.63. The van der Waals surface area contributed by atoms with Crippen LogP contribution >= 0.6 is 0 Å². The minimum Gasteiger partial charge on any atom is -0.461 e. The highest BCUT2D eigenvalue weighted by Crippen LogP contribution is 2.32. The summed E-state index contributed by atoms with van der Waals surface area (Å²) in [4.78, 5) is 19.1. The van der Waals surface area contributed by atoms with Crippen LogP contribution in [0.15, 0.2) is 36.4 Å². The smallest absolute Gasteiger partial charge is 0.357 e. The summed E-state index contributed by atoms with van der Waals surface area (Å²) in [7, 11) is 0. The molecule has 0 spiro atoms. The molecule has 0 aliphatic carbocycles. The van der Waals surface area contributed by atoms with E-state index in [4.69, 9.17) is 10.1 Å². The highest BCUT2D eigenvalue weighted by Gasteiger charge is 2.23. The fourth-order valence-corrected chi connectivity index (χ4v) is 3.34. The Morgan fingerprint density at radius 2 is 1.93 bits per heavy atom. The molecule has 0 unspecified atom stereocenters. The summed E-state index contributed by atoms with van der Waals surface area (Å²) in [6.45, 7) is 5.66. The van der Waals surface area contributed by atoms with Crippen LogP contribution in [0, 0.1) is 5.41 Å². The minimum absolute atomic E-state index is 0.265. The normalized spacial score (nSPS) is 13.9. The first-order valence-corrected chi connectivity index (χ1v) is 9.45. The van der Waals surface area contributed by atoms with Gasteiger partial charge in [-0.15, -0.1) is 0 Å². The van der Waals surface area contributed by atoms with Crippen LogP contribution in [0.4, 0.5) is 17.2 Å². The molecule has 3 rings (SSSR count). The lowest BCUT2D eigenvalue weighted by atomic mass is 10.0. The topological polar surface area (TPSA) is 78.3 Å². The molecule has 1 aliphatic heterocycles. The molecule has 0 amide bonds. The van der Waals surface area contributed by atoms with Gasteiger partial charge in [-0.25, -0.2) is 9.78 Å². The van der Waals surface area contributed by atoms with Gasteiger partial charge in [0.05, 0.1) is 17.9 Å². The molecule has 27 heavy (non-hydrogen) atoms. The summed E-state index contributed by atoms with van der Waals surface area (Å²) in [5, 5.41) is 11.6. The number of anilines is 3. The fraction of sp³-hybridized carbons (Fsp3) is 0.381. The third kappa shape index (κ3) is 4.45. The molecule has 1 aliphatic rings. The second-order valence-electron chi connectivity index (χ2n) is 6.63. The number of carbonyl (C=O) groups excluding carboxylic acids is 1. The maximum absolute atomic E-state index is 12.4. The lowest BCUT2D eigenvalue weighted by Gasteiger charge is -2.31. The third-order valence-electron chi connectivity index (χ3n) is 4.59. The Hall–Kier alpha value is -2.89. The van der Waals surface area contributed by atoms with Crippen molar-refractivity contribution in [2.24, 2.45) is 0 Å². The number of nitrogens with one attached hydrogen (secondary N) is 2. The van der Waals surface area contributed by atoms with Crippen LogP contribution in [0.2, 0.25) is 0 Å². The summed E-state index contributed by atoms with van der Waals surface area (Å²) in [6, 6.07) is 11.4. The van der Waals surface area contributed by atoms with Gasteiger partial charge in [-0.2, -0.15) is 0 Å². The third-order valence-corrected chi connectivity index (χ3v) is 4.59. The number of hydrogen-bond donors (Lipinski definition) is 2. The highest BCUT2D eigenvalue weighted by molar-refractivity contribution is 6.07. The van der Waals surface area contributed by atoms with Crippen LogP contribution < -0.4 is 10.2 Å². The number of hydrogen-bond acceptors (Lipinski definition) is 6. The van der Waals surface area contributed by atoms with Gasteiger partial charge in [-0.1, -0.05) is 18.2 Å². The van der Waals surface area contributed by atoms with E-state index < -0.39 is 5.97 Å². The summed E-state index contributed by atoms with van der Waals surface area (Å²) < 4.78 is 5.17. The second kappa shape index (κ2) is 8.66. The van der Waals surface area contributed by atoms with E-state index in [0.29, 0.717) is 18.1 Å². The van der Waals surface area contributed by atoms with Gasteiger partial charge in [-0.05, 0) is 51.3 Å². The van der Waals surface area contributed by atoms with Gasteiger partial charge in [0.2, 0.25) is 0 Å². The van der Waals surface area contributed by atoms with Crippen molar-refractivity contribution < 1.29 is 9.53 Å². The quantitative estimate of drug-likeness (QED) is 0.586. The summed E-state index contributed by atoms with van der Waals surface area (Å²) in [5.41, 5.74) is 3.14. The van der Waals surface area contributed by atoms with Crippen molar-refractivity contribution in [2.75, 3.05) is 29.9 Å². The summed E-state index contributed by atoms with van der Waals surface area (Å²) in [5.74, 6) is 0.0703. The predicted octanol–water partition coefficient (Wildman–Crippen LogP) is 4.38. The molecule has 2 N–H and O–H groups in total. The van der Waals surface area contributed by atoms with Crippen LogP contribution in [0.5, 0.6) is 0 Å². The lowest BCUT2D eigenvalue weighted by Crippen LogP contribution is -2.31. The van der Waals surface area contributed by atoms with Crippen LogP contribution in [-0.4, -0.2) is 36.4 Å². The van der Waals surface area contributed by atoms with Gasteiger partial charge in [0.25, 0.3) is 0 Å². The number of piperidine rings is 1. The Labute approximate surface area is 160 Å².